The Labute approximate surface area is 241 Å². The lowest BCUT2D eigenvalue weighted by atomic mass is 10.1. The Balaban J connectivity index is 0.000000581. The first kappa shape index (κ1) is 36.4. The first-order valence-electron chi connectivity index (χ1n) is 12.8. The fourth-order valence-corrected chi connectivity index (χ4v) is 3.26. The van der Waals surface area contributed by atoms with E-state index in [0.29, 0.717) is 30.9 Å². The molecule has 0 amide bonds. The summed E-state index contributed by atoms with van der Waals surface area (Å²) in [5.74, 6) is 0.524. The molecule has 0 fully saturated rings. The topological polar surface area (TPSA) is 53.1 Å². The number of amidine groups is 1. The summed E-state index contributed by atoms with van der Waals surface area (Å²) < 4.78 is 35.5. The molecule has 2 aromatic rings. The zero-order valence-corrected chi connectivity index (χ0v) is 25.1. The van der Waals surface area contributed by atoms with Crippen molar-refractivity contribution in [1.29, 1.82) is 5.41 Å². The standard InChI is InChI=1S/C13H19N3.C10H11F3.C10H13P/c1-10-6-4-5-7-13(10)16(12(3)15)9-8-11(2)14;1-3-4-5-6-7-8-9(2)10(11,12)13;1-3-8(2)9-4-6-10(11)7-5-9/h4-7,15H,2,8-9,14H2,1,3H3;3-5,7-8H,1-2,6H2;4-7H,2-3,11H2,1H3/b;5-4+,8-7-;. The van der Waals surface area contributed by atoms with Gasteiger partial charge in [0.25, 0.3) is 0 Å². The Morgan fingerprint density at radius 2 is 1.65 bits per heavy atom. The van der Waals surface area contributed by atoms with Gasteiger partial charge in [-0.25, -0.2) is 0 Å². The molecule has 7 heteroatoms. The van der Waals surface area contributed by atoms with Gasteiger partial charge in [-0.2, -0.15) is 13.2 Å². The average molecular weight is 570 g/mol. The van der Waals surface area contributed by atoms with Gasteiger partial charge in [0, 0.05) is 29.9 Å². The van der Waals surface area contributed by atoms with Crippen LogP contribution in [0, 0.1) is 12.3 Å². The Hall–Kier alpha value is -3.63. The lowest BCUT2D eigenvalue weighted by Gasteiger charge is -2.25. The Morgan fingerprint density at radius 1 is 1.05 bits per heavy atom. The Bertz CT molecular complexity index is 1180. The van der Waals surface area contributed by atoms with Crippen LogP contribution in [0.25, 0.3) is 5.57 Å². The molecule has 0 radical (unpaired) electrons. The van der Waals surface area contributed by atoms with Gasteiger partial charge in [-0.15, -0.1) is 9.24 Å². The molecule has 0 spiro atoms. The molecule has 0 aliphatic carbocycles. The number of rotatable bonds is 10. The highest BCUT2D eigenvalue weighted by molar-refractivity contribution is 7.27. The van der Waals surface area contributed by atoms with E-state index in [9.17, 15) is 13.2 Å². The summed E-state index contributed by atoms with van der Waals surface area (Å²) in [5, 5.41) is 9.01. The minimum Gasteiger partial charge on any atom is -0.402 e. The highest BCUT2D eigenvalue weighted by Gasteiger charge is 2.29. The number of alkyl halides is 3. The van der Waals surface area contributed by atoms with Crippen molar-refractivity contribution < 1.29 is 13.2 Å². The number of hydrogen-bond donors (Lipinski definition) is 2. The summed E-state index contributed by atoms with van der Waals surface area (Å²) >= 11 is 0. The normalized spacial score (nSPS) is 10.7. The number of benzene rings is 2. The molecular weight excluding hydrogens is 526 g/mol. The smallest absolute Gasteiger partial charge is 0.402 e. The molecule has 3 N–H and O–H groups in total. The van der Waals surface area contributed by atoms with Crippen molar-refractivity contribution in [3.05, 3.63) is 128 Å². The summed E-state index contributed by atoms with van der Waals surface area (Å²) in [7, 11) is 2.67. The van der Waals surface area contributed by atoms with E-state index in [1.54, 1.807) is 25.2 Å². The van der Waals surface area contributed by atoms with Crippen molar-refractivity contribution in [2.75, 3.05) is 11.4 Å². The molecule has 1 unspecified atom stereocenters. The van der Waals surface area contributed by atoms with Crippen LogP contribution < -0.4 is 15.9 Å². The van der Waals surface area contributed by atoms with Gasteiger partial charge in [-0.3, -0.25) is 5.41 Å². The lowest BCUT2D eigenvalue weighted by Crippen LogP contribution is -2.30. The van der Waals surface area contributed by atoms with Gasteiger partial charge in [-0.1, -0.05) is 106 Å². The molecule has 216 valence electrons. The molecule has 1 atom stereocenters. The number of nitrogens with one attached hydrogen (secondary N) is 1. The van der Waals surface area contributed by atoms with E-state index in [0.717, 1.165) is 23.7 Å². The highest BCUT2D eigenvalue weighted by Crippen LogP contribution is 2.24. The number of para-hydroxylation sites is 1. The second-order valence-electron chi connectivity index (χ2n) is 8.84. The van der Waals surface area contributed by atoms with E-state index in [-0.39, 0.29) is 0 Å². The summed E-state index contributed by atoms with van der Waals surface area (Å²) in [6.07, 6.45) is 5.14. The second kappa shape index (κ2) is 19.4. The van der Waals surface area contributed by atoms with Crippen molar-refractivity contribution in [2.45, 2.75) is 46.2 Å². The molecule has 0 aliphatic rings. The van der Waals surface area contributed by atoms with Crippen LogP contribution in [0.3, 0.4) is 0 Å². The third-order valence-corrected chi connectivity index (χ3v) is 5.83. The Kier molecular flexibility index (Phi) is 17.7. The zero-order chi connectivity index (χ0) is 30.7. The number of hydrogen-bond acceptors (Lipinski definition) is 2. The lowest BCUT2D eigenvalue weighted by molar-refractivity contribution is -0.0878. The second-order valence-corrected chi connectivity index (χ2v) is 9.50. The predicted octanol–water partition coefficient (Wildman–Crippen LogP) is 9.06. The molecule has 2 aromatic carbocycles. The summed E-state index contributed by atoms with van der Waals surface area (Å²) in [5.41, 5.74) is 10.1. The minimum absolute atomic E-state index is 0.446. The quantitative estimate of drug-likeness (QED) is 0.130. The molecule has 0 bridgehead atoms. The molecule has 0 aliphatic heterocycles. The van der Waals surface area contributed by atoms with E-state index in [1.807, 2.05) is 36.1 Å². The van der Waals surface area contributed by atoms with Crippen LogP contribution in [0.15, 0.2) is 116 Å². The maximum absolute atomic E-state index is 11.8. The molecule has 0 aromatic heterocycles. The molecule has 40 heavy (non-hydrogen) atoms. The molecular formula is C33H43F3N3P. The van der Waals surface area contributed by atoms with Crippen LogP contribution in [0.1, 0.15) is 44.2 Å². The third-order valence-electron chi connectivity index (χ3n) is 5.44. The number of nitrogens with two attached hydrogens (primary N) is 1. The fraction of sp³-hybridized carbons (Fsp3) is 0.242. The first-order valence-corrected chi connectivity index (χ1v) is 13.4. The largest absolute Gasteiger partial charge is 0.415 e. The summed E-state index contributed by atoms with van der Waals surface area (Å²) in [6, 6.07) is 16.4. The Morgan fingerprint density at radius 3 is 2.12 bits per heavy atom. The van der Waals surface area contributed by atoms with Gasteiger partial charge in [-0.05, 0) is 54.8 Å². The first-order chi connectivity index (χ1) is 18.7. The number of allylic oxidation sites excluding steroid dienone is 7. The van der Waals surface area contributed by atoms with E-state index in [1.165, 1.54) is 22.5 Å². The van der Waals surface area contributed by atoms with Crippen molar-refractivity contribution in [3.8, 4) is 0 Å². The van der Waals surface area contributed by atoms with Crippen LogP contribution in [-0.2, 0) is 0 Å². The third kappa shape index (κ3) is 15.7. The van der Waals surface area contributed by atoms with Crippen LogP contribution in [0.4, 0.5) is 18.9 Å². The van der Waals surface area contributed by atoms with Gasteiger partial charge in [0.15, 0.2) is 0 Å². The maximum Gasteiger partial charge on any atom is 0.415 e. The molecule has 0 saturated heterocycles. The minimum atomic E-state index is -4.32. The van der Waals surface area contributed by atoms with E-state index in [2.05, 4.69) is 66.7 Å². The van der Waals surface area contributed by atoms with Crippen molar-refractivity contribution >= 4 is 31.6 Å². The van der Waals surface area contributed by atoms with E-state index < -0.39 is 11.7 Å². The average Bonchev–Trinajstić information content (AvgIpc) is 2.89. The van der Waals surface area contributed by atoms with Crippen LogP contribution in [0.2, 0.25) is 0 Å². The van der Waals surface area contributed by atoms with E-state index >= 15 is 0 Å². The van der Waals surface area contributed by atoms with Crippen LogP contribution in [-0.4, -0.2) is 18.6 Å². The van der Waals surface area contributed by atoms with Crippen molar-refractivity contribution in [2.24, 2.45) is 5.73 Å². The SMILES string of the molecule is C=C(CC)c1ccc(P)cc1.C=C(N)CCN(C(C)=N)c1ccccc1C.C=C/C=C/C/C=C\C(=C)C(F)(F)F. The van der Waals surface area contributed by atoms with Gasteiger partial charge in [0.2, 0.25) is 0 Å². The van der Waals surface area contributed by atoms with Gasteiger partial charge < -0.3 is 10.6 Å². The summed E-state index contributed by atoms with van der Waals surface area (Å²) in [4.78, 5) is 1.95. The summed E-state index contributed by atoms with van der Waals surface area (Å²) in [6.45, 7) is 20.6. The van der Waals surface area contributed by atoms with Gasteiger partial charge in [0.1, 0.15) is 0 Å². The van der Waals surface area contributed by atoms with Crippen molar-refractivity contribution in [3.63, 3.8) is 0 Å². The predicted molar refractivity (Wildman–Crippen MR) is 173 cm³/mol. The molecule has 0 heterocycles. The maximum atomic E-state index is 11.8. The fourth-order valence-electron chi connectivity index (χ4n) is 3.07. The highest BCUT2D eigenvalue weighted by atomic mass is 31.0. The van der Waals surface area contributed by atoms with Crippen LogP contribution >= 0.6 is 9.24 Å². The molecule has 3 nitrogen and oxygen atoms in total. The van der Waals surface area contributed by atoms with Gasteiger partial charge >= 0.3 is 6.18 Å². The monoisotopic (exact) mass is 569 g/mol. The van der Waals surface area contributed by atoms with Gasteiger partial charge in [0.05, 0.1) is 5.84 Å². The zero-order valence-electron chi connectivity index (χ0n) is 23.9. The number of nitrogens with zero attached hydrogens (tertiary/aromatic N) is 1. The van der Waals surface area contributed by atoms with E-state index in [4.69, 9.17) is 11.1 Å². The van der Waals surface area contributed by atoms with Crippen LogP contribution in [0.5, 0.6) is 0 Å². The molecule has 0 saturated carbocycles. The number of aryl methyl sites for hydroxylation is 1. The van der Waals surface area contributed by atoms with Crippen molar-refractivity contribution in [1.82, 2.24) is 0 Å². The molecule has 2 rings (SSSR count). The number of anilines is 1. The number of halogens is 3.